The van der Waals surface area contributed by atoms with Crippen LogP contribution in [0.4, 0.5) is 11.4 Å². The molecule has 20 heavy (non-hydrogen) atoms. The summed E-state index contributed by atoms with van der Waals surface area (Å²) in [5.74, 6) is 0. The quantitative estimate of drug-likeness (QED) is 0.875. The standard InChI is InChI=1S/C17H22N2O/c1-13-5-4-6-15(11-13)18-12-17(20)14-7-9-16(10-8-14)19(2)3/h4-11,17-18,20H,12H2,1-3H3. The third-order valence-corrected chi connectivity index (χ3v) is 3.31. The monoisotopic (exact) mass is 270 g/mol. The van der Waals surface area contributed by atoms with Crippen molar-refractivity contribution in [1.82, 2.24) is 0 Å². The van der Waals surface area contributed by atoms with Gasteiger partial charge >= 0.3 is 0 Å². The summed E-state index contributed by atoms with van der Waals surface area (Å²) in [6.45, 7) is 2.56. The van der Waals surface area contributed by atoms with Gasteiger partial charge in [0.15, 0.2) is 0 Å². The molecule has 0 spiro atoms. The van der Waals surface area contributed by atoms with Gasteiger partial charge in [0.1, 0.15) is 0 Å². The fourth-order valence-electron chi connectivity index (χ4n) is 2.08. The maximum absolute atomic E-state index is 10.2. The van der Waals surface area contributed by atoms with E-state index in [2.05, 4.69) is 24.4 Å². The van der Waals surface area contributed by atoms with Crippen molar-refractivity contribution >= 4 is 11.4 Å². The molecule has 0 amide bonds. The zero-order valence-electron chi connectivity index (χ0n) is 12.3. The van der Waals surface area contributed by atoms with Crippen LogP contribution >= 0.6 is 0 Å². The van der Waals surface area contributed by atoms with Gasteiger partial charge < -0.3 is 15.3 Å². The minimum Gasteiger partial charge on any atom is -0.387 e. The Morgan fingerprint density at radius 2 is 1.80 bits per heavy atom. The van der Waals surface area contributed by atoms with E-state index in [0.717, 1.165) is 16.9 Å². The summed E-state index contributed by atoms with van der Waals surface area (Å²) in [4.78, 5) is 2.04. The Morgan fingerprint density at radius 1 is 1.10 bits per heavy atom. The Kier molecular flexibility index (Phi) is 4.64. The van der Waals surface area contributed by atoms with Gasteiger partial charge in [0.05, 0.1) is 6.10 Å². The summed E-state index contributed by atoms with van der Waals surface area (Å²) < 4.78 is 0. The molecule has 0 fully saturated rings. The summed E-state index contributed by atoms with van der Waals surface area (Å²) in [5.41, 5.74) is 4.30. The molecule has 106 valence electrons. The smallest absolute Gasteiger partial charge is 0.0962 e. The molecule has 0 aliphatic heterocycles. The van der Waals surface area contributed by atoms with Crippen molar-refractivity contribution in [1.29, 1.82) is 0 Å². The van der Waals surface area contributed by atoms with Crippen molar-refractivity contribution in [2.45, 2.75) is 13.0 Å². The molecule has 0 heterocycles. The number of aliphatic hydroxyl groups is 1. The molecule has 2 N–H and O–H groups in total. The molecule has 2 aromatic rings. The first kappa shape index (κ1) is 14.4. The molecule has 3 heteroatoms. The minimum absolute atomic E-state index is 0.505. The van der Waals surface area contributed by atoms with E-state index in [1.165, 1.54) is 5.56 Å². The van der Waals surface area contributed by atoms with E-state index in [4.69, 9.17) is 0 Å². The Morgan fingerprint density at radius 3 is 2.40 bits per heavy atom. The Balaban J connectivity index is 1.96. The van der Waals surface area contributed by atoms with Crippen LogP contribution < -0.4 is 10.2 Å². The highest BCUT2D eigenvalue weighted by Crippen LogP contribution is 2.19. The molecule has 1 unspecified atom stereocenters. The molecule has 2 rings (SSSR count). The molecule has 0 radical (unpaired) electrons. The summed E-state index contributed by atoms with van der Waals surface area (Å²) >= 11 is 0. The van der Waals surface area contributed by atoms with E-state index in [-0.39, 0.29) is 0 Å². The largest absolute Gasteiger partial charge is 0.387 e. The maximum atomic E-state index is 10.2. The van der Waals surface area contributed by atoms with E-state index < -0.39 is 6.10 Å². The van der Waals surface area contributed by atoms with E-state index in [1.54, 1.807) is 0 Å². The first-order chi connectivity index (χ1) is 9.56. The van der Waals surface area contributed by atoms with Gasteiger partial charge in [0, 0.05) is 32.0 Å². The molecule has 0 saturated carbocycles. The predicted molar refractivity (Wildman–Crippen MR) is 85.4 cm³/mol. The van der Waals surface area contributed by atoms with Crippen molar-refractivity contribution < 1.29 is 5.11 Å². The maximum Gasteiger partial charge on any atom is 0.0962 e. The summed E-state index contributed by atoms with van der Waals surface area (Å²) in [7, 11) is 4.01. The zero-order chi connectivity index (χ0) is 14.5. The second-order valence-corrected chi connectivity index (χ2v) is 5.25. The molecular formula is C17H22N2O. The van der Waals surface area contributed by atoms with Gasteiger partial charge in [-0.2, -0.15) is 0 Å². The van der Waals surface area contributed by atoms with Crippen LogP contribution in [0.3, 0.4) is 0 Å². The first-order valence-electron chi connectivity index (χ1n) is 6.82. The Labute approximate surface area is 120 Å². The van der Waals surface area contributed by atoms with Crippen molar-refractivity contribution in [3.8, 4) is 0 Å². The molecular weight excluding hydrogens is 248 g/mol. The Bertz CT molecular complexity index is 549. The fourth-order valence-corrected chi connectivity index (χ4v) is 2.08. The van der Waals surface area contributed by atoms with E-state index in [0.29, 0.717) is 6.54 Å². The third kappa shape index (κ3) is 3.75. The van der Waals surface area contributed by atoms with Crippen molar-refractivity contribution in [2.24, 2.45) is 0 Å². The van der Waals surface area contributed by atoms with Crippen LogP contribution in [-0.4, -0.2) is 25.7 Å². The number of nitrogens with zero attached hydrogens (tertiary/aromatic N) is 1. The SMILES string of the molecule is Cc1cccc(NCC(O)c2ccc(N(C)C)cc2)c1. The van der Waals surface area contributed by atoms with Gasteiger partial charge in [-0.3, -0.25) is 0 Å². The second kappa shape index (κ2) is 6.44. The normalized spacial score (nSPS) is 12.0. The van der Waals surface area contributed by atoms with Gasteiger partial charge in [-0.1, -0.05) is 24.3 Å². The van der Waals surface area contributed by atoms with Crippen LogP contribution in [0.25, 0.3) is 0 Å². The van der Waals surface area contributed by atoms with Crippen LogP contribution in [0.5, 0.6) is 0 Å². The van der Waals surface area contributed by atoms with Gasteiger partial charge in [-0.05, 0) is 42.3 Å². The topological polar surface area (TPSA) is 35.5 Å². The number of aryl methyl sites for hydroxylation is 1. The minimum atomic E-state index is -0.508. The van der Waals surface area contributed by atoms with Crippen molar-refractivity contribution in [3.05, 3.63) is 59.7 Å². The highest BCUT2D eigenvalue weighted by molar-refractivity contribution is 5.48. The van der Waals surface area contributed by atoms with Gasteiger partial charge in [-0.25, -0.2) is 0 Å². The molecule has 0 aliphatic carbocycles. The lowest BCUT2D eigenvalue weighted by Crippen LogP contribution is -2.13. The van der Waals surface area contributed by atoms with Crippen LogP contribution in [0.15, 0.2) is 48.5 Å². The number of hydrogen-bond acceptors (Lipinski definition) is 3. The average Bonchev–Trinajstić information content (AvgIpc) is 2.45. The van der Waals surface area contributed by atoms with E-state index in [9.17, 15) is 5.11 Å². The van der Waals surface area contributed by atoms with Crippen molar-refractivity contribution in [3.63, 3.8) is 0 Å². The number of nitrogens with one attached hydrogen (secondary N) is 1. The summed E-state index contributed by atoms with van der Waals surface area (Å²) in [5, 5.41) is 13.5. The fraction of sp³-hybridized carbons (Fsp3) is 0.294. The number of benzene rings is 2. The molecule has 0 aromatic heterocycles. The average molecular weight is 270 g/mol. The number of aliphatic hydroxyl groups excluding tert-OH is 1. The van der Waals surface area contributed by atoms with Crippen LogP contribution in [0, 0.1) is 6.92 Å². The molecule has 0 aliphatic rings. The van der Waals surface area contributed by atoms with E-state index >= 15 is 0 Å². The Hall–Kier alpha value is -2.00. The lowest BCUT2D eigenvalue weighted by Gasteiger charge is -2.16. The third-order valence-electron chi connectivity index (χ3n) is 3.31. The molecule has 2 aromatic carbocycles. The molecule has 1 atom stereocenters. The summed E-state index contributed by atoms with van der Waals surface area (Å²) in [6, 6.07) is 16.1. The molecule has 0 saturated heterocycles. The first-order valence-corrected chi connectivity index (χ1v) is 6.82. The number of rotatable bonds is 5. The highest BCUT2D eigenvalue weighted by atomic mass is 16.3. The highest BCUT2D eigenvalue weighted by Gasteiger charge is 2.07. The van der Waals surface area contributed by atoms with Gasteiger partial charge in [-0.15, -0.1) is 0 Å². The van der Waals surface area contributed by atoms with Gasteiger partial charge in [0.25, 0.3) is 0 Å². The van der Waals surface area contributed by atoms with Crippen LogP contribution in [0.2, 0.25) is 0 Å². The molecule has 3 nitrogen and oxygen atoms in total. The summed E-state index contributed by atoms with van der Waals surface area (Å²) in [6.07, 6.45) is -0.508. The van der Waals surface area contributed by atoms with Crippen molar-refractivity contribution in [2.75, 3.05) is 30.9 Å². The number of anilines is 2. The lowest BCUT2D eigenvalue weighted by molar-refractivity contribution is 0.191. The van der Waals surface area contributed by atoms with Crippen LogP contribution in [0.1, 0.15) is 17.2 Å². The predicted octanol–water partition coefficient (Wildman–Crippen LogP) is 3.21. The zero-order valence-corrected chi connectivity index (χ0v) is 12.3. The van der Waals surface area contributed by atoms with Crippen LogP contribution in [-0.2, 0) is 0 Å². The van der Waals surface area contributed by atoms with E-state index in [1.807, 2.05) is 55.4 Å². The lowest BCUT2D eigenvalue weighted by atomic mass is 10.1. The van der Waals surface area contributed by atoms with Gasteiger partial charge in [0.2, 0.25) is 0 Å². The molecule has 0 bridgehead atoms. The number of hydrogen-bond donors (Lipinski definition) is 2. The second-order valence-electron chi connectivity index (χ2n) is 5.25.